The Kier molecular flexibility index (Phi) is 5.00. The Hall–Kier alpha value is -0.860. The van der Waals surface area contributed by atoms with Gasteiger partial charge in [0, 0.05) is 18.6 Å². The maximum Gasteiger partial charge on any atom is 0.0353 e. The maximum atomic E-state index is 5.87. The number of nitrogens with zero attached hydrogens (tertiary/aromatic N) is 1. The monoisotopic (exact) mass is 260 g/mol. The molecule has 1 aliphatic heterocycles. The Bertz CT molecular complexity index is 374. The van der Waals surface area contributed by atoms with E-state index in [1.165, 1.54) is 18.4 Å². The Morgan fingerprint density at radius 3 is 2.47 bits per heavy atom. The number of nitrogens with two attached hydrogens (primary N) is 1. The highest BCUT2D eigenvalue weighted by molar-refractivity contribution is 5.19. The van der Waals surface area contributed by atoms with E-state index in [1.54, 1.807) is 0 Å². The lowest BCUT2D eigenvalue weighted by Crippen LogP contribution is -2.33. The molecule has 0 spiro atoms. The van der Waals surface area contributed by atoms with Crippen molar-refractivity contribution < 1.29 is 0 Å². The van der Waals surface area contributed by atoms with Gasteiger partial charge in [0.05, 0.1) is 0 Å². The zero-order valence-electron chi connectivity index (χ0n) is 12.5. The van der Waals surface area contributed by atoms with Gasteiger partial charge in [0.15, 0.2) is 0 Å². The van der Waals surface area contributed by atoms with Crippen molar-refractivity contribution >= 4 is 0 Å². The molecular formula is C17H28N2. The lowest BCUT2D eigenvalue weighted by Gasteiger charge is -2.33. The van der Waals surface area contributed by atoms with Crippen molar-refractivity contribution in [2.24, 2.45) is 17.6 Å². The summed E-state index contributed by atoms with van der Waals surface area (Å²) in [5.41, 5.74) is 7.33. The molecule has 1 heterocycles. The highest BCUT2D eigenvalue weighted by Gasteiger charge is 2.33. The Labute approximate surface area is 118 Å². The fourth-order valence-corrected chi connectivity index (χ4v) is 3.36. The fraction of sp³-hybridized carbons (Fsp3) is 0.647. The minimum atomic E-state index is 0.549. The van der Waals surface area contributed by atoms with E-state index < -0.39 is 0 Å². The van der Waals surface area contributed by atoms with Crippen molar-refractivity contribution in [1.82, 2.24) is 4.90 Å². The average Bonchev–Trinajstić information content (AvgIpc) is 2.78. The molecule has 3 unspecified atom stereocenters. The average molecular weight is 260 g/mol. The zero-order valence-corrected chi connectivity index (χ0v) is 12.5. The van der Waals surface area contributed by atoms with Gasteiger partial charge < -0.3 is 5.73 Å². The Morgan fingerprint density at radius 1 is 1.26 bits per heavy atom. The predicted molar refractivity (Wildman–Crippen MR) is 82.0 cm³/mol. The van der Waals surface area contributed by atoms with Gasteiger partial charge in [0.25, 0.3) is 0 Å². The van der Waals surface area contributed by atoms with Crippen LogP contribution in [0.5, 0.6) is 0 Å². The Balaban J connectivity index is 2.18. The molecule has 0 radical (unpaired) electrons. The highest BCUT2D eigenvalue weighted by atomic mass is 15.2. The van der Waals surface area contributed by atoms with Crippen molar-refractivity contribution in [3.05, 3.63) is 35.9 Å². The van der Waals surface area contributed by atoms with Crippen LogP contribution >= 0.6 is 0 Å². The van der Waals surface area contributed by atoms with Gasteiger partial charge in [-0.15, -0.1) is 0 Å². The van der Waals surface area contributed by atoms with E-state index >= 15 is 0 Å². The first-order valence-corrected chi connectivity index (χ1v) is 7.62. The third-order valence-electron chi connectivity index (χ3n) is 4.32. The van der Waals surface area contributed by atoms with Gasteiger partial charge in [0.2, 0.25) is 0 Å². The predicted octanol–water partition coefficient (Wildman–Crippen LogP) is 3.44. The summed E-state index contributed by atoms with van der Waals surface area (Å²) in [5, 5.41) is 0. The summed E-state index contributed by atoms with van der Waals surface area (Å²) in [6.07, 6.45) is 2.48. The largest absolute Gasteiger partial charge is 0.330 e. The van der Waals surface area contributed by atoms with Crippen LogP contribution in [0, 0.1) is 11.8 Å². The molecule has 1 saturated heterocycles. The molecule has 0 amide bonds. The highest BCUT2D eigenvalue weighted by Crippen LogP contribution is 2.35. The first-order valence-electron chi connectivity index (χ1n) is 7.62. The summed E-state index contributed by atoms with van der Waals surface area (Å²) < 4.78 is 0. The smallest absolute Gasteiger partial charge is 0.0353 e. The van der Waals surface area contributed by atoms with Crippen LogP contribution in [0.4, 0.5) is 0 Å². The molecule has 0 aromatic heterocycles. The number of likely N-dealkylation sites (tertiary alicyclic amines) is 1. The minimum absolute atomic E-state index is 0.549. The molecule has 2 nitrogen and oxygen atoms in total. The van der Waals surface area contributed by atoms with Gasteiger partial charge in [-0.1, -0.05) is 44.2 Å². The van der Waals surface area contributed by atoms with Crippen LogP contribution in [0.25, 0.3) is 0 Å². The van der Waals surface area contributed by atoms with E-state index in [-0.39, 0.29) is 0 Å². The van der Waals surface area contributed by atoms with Gasteiger partial charge >= 0.3 is 0 Å². The summed E-state index contributed by atoms with van der Waals surface area (Å²) in [5.74, 6) is 1.39. The SMILES string of the molecule is CC(C)CC(c1ccccc1)N1CC(CN)CC1C. The van der Waals surface area contributed by atoms with Crippen LogP contribution in [0.15, 0.2) is 30.3 Å². The van der Waals surface area contributed by atoms with Crippen molar-refractivity contribution in [2.45, 2.75) is 45.7 Å². The molecule has 1 aliphatic rings. The van der Waals surface area contributed by atoms with E-state index in [9.17, 15) is 0 Å². The molecule has 1 fully saturated rings. The summed E-state index contributed by atoms with van der Waals surface area (Å²) >= 11 is 0. The van der Waals surface area contributed by atoms with Gasteiger partial charge in [-0.05, 0) is 43.7 Å². The number of rotatable bonds is 5. The molecule has 2 N–H and O–H groups in total. The van der Waals surface area contributed by atoms with E-state index in [2.05, 4.69) is 56.0 Å². The molecule has 0 saturated carbocycles. The lowest BCUT2D eigenvalue weighted by atomic mass is 9.95. The standard InChI is InChI=1S/C17H28N2/c1-13(2)9-17(16-7-5-4-6-8-16)19-12-15(11-18)10-14(19)3/h4-8,13-15,17H,9-12,18H2,1-3H3. The second kappa shape index (κ2) is 6.53. The van der Waals surface area contributed by atoms with Crippen LogP contribution in [-0.2, 0) is 0 Å². The molecular weight excluding hydrogens is 232 g/mol. The van der Waals surface area contributed by atoms with Crippen LogP contribution in [0.1, 0.15) is 45.2 Å². The van der Waals surface area contributed by atoms with Crippen molar-refractivity contribution in [2.75, 3.05) is 13.1 Å². The summed E-state index contributed by atoms with van der Waals surface area (Å²) in [6.45, 7) is 8.97. The van der Waals surface area contributed by atoms with E-state index in [4.69, 9.17) is 5.73 Å². The quantitative estimate of drug-likeness (QED) is 0.878. The second-order valence-electron chi connectivity index (χ2n) is 6.44. The zero-order chi connectivity index (χ0) is 13.8. The van der Waals surface area contributed by atoms with Crippen LogP contribution in [0.3, 0.4) is 0 Å². The molecule has 106 valence electrons. The van der Waals surface area contributed by atoms with Crippen molar-refractivity contribution in [3.63, 3.8) is 0 Å². The van der Waals surface area contributed by atoms with Gasteiger partial charge in [-0.25, -0.2) is 0 Å². The van der Waals surface area contributed by atoms with Crippen LogP contribution in [-0.4, -0.2) is 24.0 Å². The lowest BCUT2D eigenvalue weighted by molar-refractivity contribution is 0.164. The third-order valence-corrected chi connectivity index (χ3v) is 4.32. The topological polar surface area (TPSA) is 29.3 Å². The van der Waals surface area contributed by atoms with E-state index in [0.29, 0.717) is 23.9 Å². The first-order chi connectivity index (χ1) is 9.11. The molecule has 19 heavy (non-hydrogen) atoms. The number of hydrogen-bond acceptors (Lipinski definition) is 2. The molecule has 0 bridgehead atoms. The third kappa shape index (κ3) is 3.58. The van der Waals surface area contributed by atoms with E-state index in [1.807, 2.05) is 0 Å². The molecule has 0 aliphatic carbocycles. The summed E-state index contributed by atoms with van der Waals surface area (Å²) in [4.78, 5) is 2.67. The summed E-state index contributed by atoms with van der Waals surface area (Å²) in [6, 6.07) is 12.2. The van der Waals surface area contributed by atoms with Crippen molar-refractivity contribution in [1.29, 1.82) is 0 Å². The number of hydrogen-bond donors (Lipinski definition) is 1. The van der Waals surface area contributed by atoms with Crippen LogP contribution < -0.4 is 5.73 Å². The minimum Gasteiger partial charge on any atom is -0.330 e. The van der Waals surface area contributed by atoms with Gasteiger partial charge in [-0.3, -0.25) is 4.90 Å². The summed E-state index contributed by atoms with van der Waals surface area (Å²) in [7, 11) is 0. The second-order valence-corrected chi connectivity index (χ2v) is 6.44. The Morgan fingerprint density at radius 2 is 1.95 bits per heavy atom. The van der Waals surface area contributed by atoms with Gasteiger partial charge in [0.1, 0.15) is 0 Å². The normalized spacial score (nSPS) is 25.9. The fourth-order valence-electron chi connectivity index (χ4n) is 3.36. The number of benzene rings is 1. The first kappa shape index (κ1) is 14.5. The molecule has 1 aromatic carbocycles. The molecule has 1 aromatic rings. The molecule has 2 heteroatoms. The van der Waals surface area contributed by atoms with E-state index in [0.717, 1.165) is 13.1 Å². The van der Waals surface area contributed by atoms with Gasteiger partial charge in [-0.2, -0.15) is 0 Å². The van der Waals surface area contributed by atoms with Crippen molar-refractivity contribution in [3.8, 4) is 0 Å². The van der Waals surface area contributed by atoms with Crippen LogP contribution in [0.2, 0.25) is 0 Å². The maximum absolute atomic E-state index is 5.87. The molecule has 3 atom stereocenters. The molecule has 2 rings (SSSR count).